The summed E-state index contributed by atoms with van der Waals surface area (Å²) in [6.07, 6.45) is 3.34. The second-order valence-electron chi connectivity index (χ2n) is 5.97. The molecule has 1 aromatic rings. The highest BCUT2D eigenvalue weighted by atomic mass is 35.5. The Morgan fingerprint density at radius 2 is 1.95 bits per heavy atom. The van der Waals surface area contributed by atoms with Gasteiger partial charge in [-0.05, 0) is 48.8 Å². The monoisotopic (exact) mass is 311 g/mol. The number of carbonyl (C=O) groups is 1. The molecule has 108 valence electrons. The van der Waals surface area contributed by atoms with Crippen LogP contribution in [0.2, 0.25) is 10.0 Å². The van der Waals surface area contributed by atoms with Gasteiger partial charge >= 0.3 is 0 Å². The molecule has 1 heterocycles. The number of fused-ring (bicyclic) bond motifs is 1. The minimum Gasteiger partial charge on any atom is -0.342 e. The van der Waals surface area contributed by atoms with Crippen molar-refractivity contribution in [2.24, 2.45) is 11.8 Å². The standard InChI is InChI=1S/C16H19Cl2NO/c1-2-13(14-6-5-12(17)7-15(14)18)16(20)19-8-10-3-4-11(10)9-19/h5-7,10-11,13H,2-4,8-9H2,1H3. The lowest BCUT2D eigenvalue weighted by Gasteiger charge is -2.27. The van der Waals surface area contributed by atoms with Gasteiger partial charge in [-0.15, -0.1) is 0 Å². The van der Waals surface area contributed by atoms with Crippen molar-refractivity contribution in [3.63, 3.8) is 0 Å². The van der Waals surface area contributed by atoms with E-state index in [2.05, 4.69) is 0 Å². The van der Waals surface area contributed by atoms with Crippen LogP contribution >= 0.6 is 23.2 Å². The van der Waals surface area contributed by atoms with Gasteiger partial charge in [-0.25, -0.2) is 0 Å². The average molecular weight is 312 g/mol. The third-order valence-electron chi connectivity index (χ3n) is 4.84. The Labute approximate surface area is 130 Å². The summed E-state index contributed by atoms with van der Waals surface area (Å²) in [5.74, 6) is 1.58. The van der Waals surface area contributed by atoms with Gasteiger partial charge in [0.05, 0.1) is 5.92 Å². The highest BCUT2D eigenvalue weighted by Gasteiger charge is 2.42. The number of likely N-dealkylation sites (tertiary alicyclic amines) is 1. The molecule has 2 fully saturated rings. The Balaban J connectivity index is 1.80. The molecule has 0 aromatic heterocycles. The number of benzene rings is 1. The molecule has 0 bridgehead atoms. The van der Waals surface area contributed by atoms with Crippen LogP contribution in [0.1, 0.15) is 37.7 Å². The van der Waals surface area contributed by atoms with Gasteiger partial charge < -0.3 is 4.90 Å². The van der Waals surface area contributed by atoms with Crippen LogP contribution < -0.4 is 0 Å². The highest BCUT2D eigenvalue weighted by Crippen LogP contribution is 2.42. The number of nitrogens with zero attached hydrogens (tertiary/aromatic N) is 1. The summed E-state index contributed by atoms with van der Waals surface area (Å²) < 4.78 is 0. The van der Waals surface area contributed by atoms with Gasteiger partial charge in [0.1, 0.15) is 0 Å². The second kappa shape index (κ2) is 5.57. The van der Waals surface area contributed by atoms with Gasteiger partial charge in [-0.1, -0.05) is 36.2 Å². The summed E-state index contributed by atoms with van der Waals surface area (Å²) in [6.45, 7) is 3.91. The molecule has 4 heteroatoms. The Hall–Kier alpha value is -0.730. The third-order valence-corrected chi connectivity index (χ3v) is 5.40. The van der Waals surface area contributed by atoms with Crippen LogP contribution in [-0.4, -0.2) is 23.9 Å². The molecule has 3 rings (SSSR count). The number of carbonyl (C=O) groups excluding carboxylic acids is 1. The zero-order chi connectivity index (χ0) is 14.3. The van der Waals surface area contributed by atoms with E-state index in [0.29, 0.717) is 10.0 Å². The first-order valence-corrected chi connectivity index (χ1v) is 8.09. The van der Waals surface area contributed by atoms with E-state index in [0.717, 1.165) is 36.9 Å². The lowest BCUT2D eigenvalue weighted by molar-refractivity contribution is -0.132. The molecule has 3 unspecified atom stereocenters. The van der Waals surface area contributed by atoms with Gasteiger partial charge in [0, 0.05) is 23.1 Å². The van der Waals surface area contributed by atoms with Crippen molar-refractivity contribution in [1.29, 1.82) is 0 Å². The number of rotatable bonds is 3. The zero-order valence-electron chi connectivity index (χ0n) is 11.6. The molecular weight excluding hydrogens is 293 g/mol. The maximum Gasteiger partial charge on any atom is 0.230 e. The van der Waals surface area contributed by atoms with Crippen LogP contribution in [0.15, 0.2) is 18.2 Å². The minimum atomic E-state index is -0.141. The molecule has 20 heavy (non-hydrogen) atoms. The molecule has 0 spiro atoms. The molecule has 2 nitrogen and oxygen atoms in total. The minimum absolute atomic E-state index is 0.141. The van der Waals surface area contributed by atoms with E-state index in [9.17, 15) is 4.79 Å². The maximum absolute atomic E-state index is 12.8. The van der Waals surface area contributed by atoms with E-state index in [1.165, 1.54) is 12.8 Å². The SMILES string of the molecule is CCC(C(=O)N1CC2CCC2C1)c1ccc(Cl)cc1Cl. The zero-order valence-corrected chi connectivity index (χ0v) is 13.1. The molecule has 1 saturated heterocycles. The third kappa shape index (κ3) is 2.44. The average Bonchev–Trinajstić information content (AvgIpc) is 2.68. The molecule has 0 radical (unpaired) electrons. The van der Waals surface area contributed by atoms with E-state index < -0.39 is 0 Å². The fourth-order valence-corrected chi connectivity index (χ4v) is 4.01. The molecule has 1 aromatic carbocycles. The summed E-state index contributed by atoms with van der Waals surface area (Å²) in [4.78, 5) is 14.8. The molecule has 3 atom stereocenters. The summed E-state index contributed by atoms with van der Waals surface area (Å²) in [5.41, 5.74) is 0.905. The molecule has 1 saturated carbocycles. The Bertz CT molecular complexity index is 519. The van der Waals surface area contributed by atoms with E-state index in [1.807, 2.05) is 24.0 Å². The number of hydrogen-bond acceptors (Lipinski definition) is 1. The lowest BCUT2D eigenvalue weighted by Crippen LogP contribution is -2.33. The molecular formula is C16H19Cl2NO. The maximum atomic E-state index is 12.8. The summed E-state index contributed by atoms with van der Waals surface area (Å²) in [6, 6.07) is 5.43. The number of hydrogen-bond donors (Lipinski definition) is 0. The lowest BCUT2D eigenvalue weighted by atomic mass is 9.77. The Morgan fingerprint density at radius 3 is 2.45 bits per heavy atom. The molecule has 1 aliphatic carbocycles. The first-order chi connectivity index (χ1) is 9.60. The van der Waals surface area contributed by atoms with Crippen LogP contribution in [0, 0.1) is 11.8 Å². The molecule has 1 aliphatic heterocycles. The van der Waals surface area contributed by atoms with Crippen molar-refractivity contribution in [2.75, 3.05) is 13.1 Å². The number of halogens is 2. The quantitative estimate of drug-likeness (QED) is 0.812. The van der Waals surface area contributed by atoms with Crippen LogP contribution in [0.3, 0.4) is 0 Å². The van der Waals surface area contributed by atoms with Crippen LogP contribution in [0.25, 0.3) is 0 Å². The molecule has 2 aliphatic rings. The summed E-state index contributed by atoms with van der Waals surface area (Å²) in [7, 11) is 0. The Kier molecular flexibility index (Phi) is 3.96. The van der Waals surface area contributed by atoms with Crippen LogP contribution in [0.5, 0.6) is 0 Å². The van der Waals surface area contributed by atoms with Gasteiger partial charge in [0.25, 0.3) is 0 Å². The normalized spacial score (nSPS) is 26.1. The predicted molar refractivity (Wildman–Crippen MR) is 82.3 cm³/mol. The Morgan fingerprint density at radius 1 is 1.30 bits per heavy atom. The summed E-state index contributed by atoms with van der Waals surface area (Å²) >= 11 is 12.2. The fraction of sp³-hybridized carbons (Fsp3) is 0.562. The van der Waals surface area contributed by atoms with E-state index in [-0.39, 0.29) is 11.8 Å². The van der Waals surface area contributed by atoms with Crippen molar-refractivity contribution in [3.05, 3.63) is 33.8 Å². The first kappa shape index (κ1) is 14.2. The summed E-state index contributed by atoms with van der Waals surface area (Å²) in [5, 5.41) is 1.21. The predicted octanol–water partition coefficient (Wildman–Crippen LogP) is 4.36. The van der Waals surface area contributed by atoms with Crippen LogP contribution in [-0.2, 0) is 4.79 Å². The van der Waals surface area contributed by atoms with Crippen molar-refractivity contribution in [2.45, 2.75) is 32.1 Å². The van der Waals surface area contributed by atoms with Crippen molar-refractivity contribution in [1.82, 2.24) is 4.90 Å². The first-order valence-electron chi connectivity index (χ1n) is 7.34. The van der Waals surface area contributed by atoms with E-state index in [1.54, 1.807) is 6.07 Å². The second-order valence-corrected chi connectivity index (χ2v) is 6.81. The van der Waals surface area contributed by atoms with Crippen molar-refractivity contribution < 1.29 is 4.79 Å². The van der Waals surface area contributed by atoms with Gasteiger partial charge in [0.2, 0.25) is 5.91 Å². The van der Waals surface area contributed by atoms with Crippen LogP contribution in [0.4, 0.5) is 0 Å². The smallest absolute Gasteiger partial charge is 0.230 e. The van der Waals surface area contributed by atoms with Gasteiger partial charge in [0.15, 0.2) is 0 Å². The van der Waals surface area contributed by atoms with Gasteiger partial charge in [-0.3, -0.25) is 4.79 Å². The van der Waals surface area contributed by atoms with Gasteiger partial charge in [-0.2, -0.15) is 0 Å². The van der Waals surface area contributed by atoms with E-state index in [4.69, 9.17) is 23.2 Å². The fourth-order valence-electron chi connectivity index (χ4n) is 3.47. The molecule has 0 N–H and O–H groups in total. The molecule has 1 amide bonds. The highest BCUT2D eigenvalue weighted by molar-refractivity contribution is 6.35. The topological polar surface area (TPSA) is 20.3 Å². The largest absolute Gasteiger partial charge is 0.342 e. The van der Waals surface area contributed by atoms with Crippen molar-refractivity contribution >= 4 is 29.1 Å². The number of amides is 1. The van der Waals surface area contributed by atoms with Crippen molar-refractivity contribution in [3.8, 4) is 0 Å². The van der Waals surface area contributed by atoms with E-state index >= 15 is 0 Å².